The maximum absolute atomic E-state index is 11.7. The van der Waals surface area contributed by atoms with Crippen molar-refractivity contribution in [2.45, 2.75) is 25.8 Å². The maximum atomic E-state index is 11.7. The van der Waals surface area contributed by atoms with Gasteiger partial charge in [0, 0.05) is 13.0 Å². The molecule has 0 heterocycles. The Balaban J connectivity index is 3.23. The predicted molar refractivity (Wildman–Crippen MR) is 36.9 cm³/mol. The van der Waals surface area contributed by atoms with E-state index in [9.17, 15) is 8.78 Å². The van der Waals surface area contributed by atoms with E-state index in [1.807, 2.05) is 0 Å². The van der Waals surface area contributed by atoms with Crippen molar-refractivity contribution in [3.05, 3.63) is 0 Å². The van der Waals surface area contributed by atoms with Crippen molar-refractivity contribution >= 4 is 0 Å². The topological polar surface area (TPSA) is 12.0 Å². The van der Waals surface area contributed by atoms with Crippen molar-refractivity contribution in [1.82, 2.24) is 5.32 Å². The summed E-state index contributed by atoms with van der Waals surface area (Å²) < 4.78 is 23.5. The molecule has 0 fully saturated rings. The first kappa shape index (κ1) is 9.38. The van der Waals surface area contributed by atoms with Gasteiger partial charge in [-0.25, -0.2) is 8.78 Å². The molecule has 0 radical (unpaired) electrons. The van der Waals surface area contributed by atoms with Gasteiger partial charge in [-0.3, -0.25) is 0 Å². The first-order chi connectivity index (χ1) is 4.68. The van der Waals surface area contributed by atoms with Crippen molar-refractivity contribution in [2.24, 2.45) is 0 Å². The molecular formula is C7H11F2N. The van der Waals surface area contributed by atoms with Crippen LogP contribution in [-0.4, -0.2) is 19.0 Å². The van der Waals surface area contributed by atoms with E-state index in [4.69, 9.17) is 6.42 Å². The van der Waals surface area contributed by atoms with Gasteiger partial charge < -0.3 is 5.32 Å². The Morgan fingerprint density at radius 3 is 2.60 bits per heavy atom. The van der Waals surface area contributed by atoms with E-state index in [0.29, 0.717) is 13.0 Å². The third-order valence-corrected chi connectivity index (χ3v) is 1.11. The molecule has 0 bridgehead atoms. The van der Waals surface area contributed by atoms with Crippen LogP contribution in [0.25, 0.3) is 0 Å². The van der Waals surface area contributed by atoms with Crippen LogP contribution < -0.4 is 5.32 Å². The van der Waals surface area contributed by atoms with E-state index in [1.165, 1.54) is 6.92 Å². The highest BCUT2D eigenvalue weighted by Gasteiger charge is 2.11. The highest BCUT2D eigenvalue weighted by Crippen LogP contribution is 1.98. The molecule has 1 atom stereocenters. The number of nitrogens with one attached hydrogen (secondary N) is 1. The summed E-state index contributed by atoms with van der Waals surface area (Å²) in [5.41, 5.74) is 0. The van der Waals surface area contributed by atoms with Gasteiger partial charge in [-0.1, -0.05) is 0 Å². The fourth-order valence-corrected chi connectivity index (χ4v) is 0.461. The van der Waals surface area contributed by atoms with Gasteiger partial charge >= 0.3 is 0 Å². The first-order valence-electron chi connectivity index (χ1n) is 3.13. The van der Waals surface area contributed by atoms with E-state index < -0.39 is 12.5 Å². The van der Waals surface area contributed by atoms with Crippen LogP contribution in [0.4, 0.5) is 8.78 Å². The maximum Gasteiger partial charge on any atom is 0.253 e. The zero-order valence-corrected chi connectivity index (χ0v) is 5.90. The quantitative estimate of drug-likeness (QED) is 0.466. The van der Waals surface area contributed by atoms with Crippen LogP contribution in [0.15, 0.2) is 0 Å². The smallest absolute Gasteiger partial charge is 0.253 e. The van der Waals surface area contributed by atoms with Crippen molar-refractivity contribution in [2.75, 3.05) is 6.54 Å². The molecule has 0 spiro atoms. The lowest BCUT2D eigenvalue weighted by atomic mass is 10.3. The zero-order valence-electron chi connectivity index (χ0n) is 5.90. The standard InChI is InChI=1S/C7H11F2N/c1-3-4-5-10-6(2)7(8)9/h1,6-7,10H,4-5H2,2H3. The van der Waals surface area contributed by atoms with Crippen LogP contribution in [0.2, 0.25) is 0 Å². The van der Waals surface area contributed by atoms with Crippen molar-refractivity contribution in [1.29, 1.82) is 0 Å². The molecule has 1 nitrogen and oxygen atoms in total. The Kier molecular flexibility index (Phi) is 4.87. The Hall–Kier alpha value is -0.620. The normalized spacial score (nSPS) is 13.1. The third-order valence-electron chi connectivity index (χ3n) is 1.11. The molecular weight excluding hydrogens is 136 g/mol. The summed E-state index contributed by atoms with van der Waals surface area (Å²) in [4.78, 5) is 0. The van der Waals surface area contributed by atoms with Gasteiger partial charge in [0.05, 0.1) is 6.04 Å². The van der Waals surface area contributed by atoms with Crippen LogP contribution in [0.5, 0.6) is 0 Å². The monoisotopic (exact) mass is 147 g/mol. The molecule has 10 heavy (non-hydrogen) atoms. The Labute approximate surface area is 59.8 Å². The van der Waals surface area contributed by atoms with E-state index in [1.54, 1.807) is 0 Å². The Morgan fingerprint density at radius 2 is 2.20 bits per heavy atom. The number of hydrogen-bond acceptors (Lipinski definition) is 1. The second kappa shape index (κ2) is 5.19. The number of rotatable bonds is 4. The average Bonchev–Trinajstić information content (AvgIpc) is 1.88. The predicted octanol–water partition coefficient (Wildman–Crippen LogP) is 1.25. The molecule has 3 heteroatoms. The fourth-order valence-electron chi connectivity index (χ4n) is 0.461. The second-order valence-corrected chi connectivity index (χ2v) is 2.03. The molecule has 58 valence electrons. The number of hydrogen-bond donors (Lipinski definition) is 1. The molecule has 0 saturated carbocycles. The lowest BCUT2D eigenvalue weighted by Crippen LogP contribution is -2.33. The number of terminal acetylenes is 1. The van der Waals surface area contributed by atoms with Gasteiger partial charge in [-0.05, 0) is 6.92 Å². The van der Waals surface area contributed by atoms with Gasteiger partial charge in [-0.2, -0.15) is 0 Å². The van der Waals surface area contributed by atoms with E-state index in [2.05, 4.69) is 11.2 Å². The van der Waals surface area contributed by atoms with Crippen molar-refractivity contribution < 1.29 is 8.78 Å². The zero-order chi connectivity index (χ0) is 7.98. The van der Waals surface area contributed by atoms with Crippen LogP contribution in [0, 0.1) is 12.3 Å². The van der Waals surface area contributed by atoms with Crippen LogP contribution in [0.3, 0.4) is 0 Å². The molecule has 1 N–H and O–H groups in total. The molecule has 0 saturated heterocycles. The van der Waals surface area contributed by atoms with Crippen LogP contribution in [-0.2, 0) is 0 Å². The van der Waals surface area contributed by atoms with Gasteiger partial charge in [-0.15, -0.1) is 12.3 Å². The minimum absolute atomic E-state index is 0.460. The van der Waals surface area contributed by atoms with E-state index in [0.717, 1.165) is 0 Å². The number of alkyl halides is 2. The van der Waals surface area contributed by atoms with Crippen molar-refractivity contribution in [3.63, 3.8) is 0 Å². The van der Waals surface area contributed by atoms with Crippen LogP contribution >= 0.6 is 0 Å². The molecule has 0 aliphatic rings. The highest BCUT2D eigenvalue weighted by molar-refractivity contribution is 4.84. The largest absolute Gasteiger partial charge is 0.308 e. The Bertz CT molecular complexity index is 117. The summed E-state index contributed by atoms with van der Waals surface area (Å²) in [5.74, 6) is 2.35. The first-order valence-corrected chi connectivity index (χ1v) is 3.13. The lowest BCUT2D eigenvalue weighted by Gasteiger charge is -2.10. The molecule has 0 aromatic rings. The second-order valence-electron chi connectivity index (χ2n) is 2.03. The Morgan fingerprint density at radius 1 is 1.60 bits per heavy atom. The minimum atomic E-state index is -2.31. The molecule has 0 aliphatic heterocycles. The summed E-state index contributed by atoms with van der Waals surface area (Å²) in [6.45, 7) is 1.89. The van der Waals surface area contributed by atoms with E-state index >= 15 is 0 Å². The van der Waals surface area contributed by atoms with Gasteiger partial charge in [0.2, 0.25) is 0 Å². The molecule has 1 unspecified atom stereocenters. The van der Waals surface area contributed by atoms with Gasteiger partial charge in [0.15, 0.2) is 0 Å². The molecule has 0 aliphatic carbocycles. The summed E-state index contributed by atoms with van der Waals surface area (Å²) in [5, 5.41) is 2.59. The third kappa shape index (κ3) is 4.28. The summed E-state index contributed by atoms with van der Waals surface area (Å²) in [6.07, 6.45) is 3.10. The molecule has 0 aromatic heterocycles. The fraction of sp³-hybridized carbons (Fsp3) is 0.714. The summed E-state index contributed by atoms with van der Waals surface area (Å²) >= 11 is 0. The summed E-state index contributed by atoms with van der Waals surface area (Å²) in [6, 6.07) is -0.756. The average molecular weight is 147 g/mol. The lowest BCUT2D eigenvalue weighted by molar-refractivity contribution is 0.107. The van der Waals surface area contributed by atoms with Crippen molar-refractivity contribution in [3.8, 4) is 12.3 Å². The van der Waals surface area contributed by atoms with Gasteiger partial charge in [0.1, 0.15) is 0 Å². The van der Waals surface area contributed by atoms with E-state index in [-0.39, 0.29) is 0 Å². The summed E-state index contributed by atoms with van der Waals surface area (Å²) in [7, 11) is 0. The number of halogens is 2. The minimum Gasteiger partial charge on any atom is -0.308 e. The molecule has 0 aromatic carbocycles. The van der Waals surface area contributed by atoms with Gasteiger partial charge in [0.25, 0.3) is 6.43 Å². The highest BCUT2D eigenvalue weighted by atomic mass is 19.3. The molecule has 0 amide bonds. The molecule has 0 rings (SSSR count). The SMILES string of the molecule is C#CCCNC(C)C(F)F. The van der Waals surface area contributed by atoms with Crippen LogP contribution in [0.1, 0.15) is 13.3 Å².